The Bertz CT molecular complexity index is 765. The van der Waals surface area contributed by atoms with Crippen molar-refractivity contribution >= 4 is 49.1 Å². The summed E-state index contributed by atoms with van der Waals surface area (Å²) in [6.07, 6.45) is 1.45. The Morgan fingerprint density at radius 2 is 2.10 bits per heavy atom. The zero-order valence-electron chi connectivity index (χ0n) is 10.4. The van der Waals surface area contributed by atoms with Crippen molar-refractivity contribution in [3.05, 3.63) is 45.5 Å². The van der Waals surface area contributed by atoms with Crippen LogP contribution in [0.15, 0.2) is 39.8 Å². The SMILES string of the molecule is Cc1cc(Br)c(N)cc1S(=O)(=O)Nc1ncccc1Cl. The smallest absolute Gasteiger partial charge is 0.263 e. The average Bonchev–Trinajstić information content (AvgIpc) is 2.36. The predicted molar refractivity (Wildman–Crippen MR) is 83.3 cm³/mol. The Balaban J connectivity index is 2.47. The second-order valence-corrected chi connectivity index (χ2v) is 6.99. The third-order valence-corrected chi connectivity index (χ3v) is 5.05. The molecule has 0 fully saturated rings. The van der Waals surface area contributed by atoms with Crippen LogP contribution in [0.3, 0.4) is 0 Å². The van der Waals surface area contributed by atoms with Crippen molar-refractivity contribution in [3.8, 4) is 0 Å². The van der Waals surface area contributed by atoms with Crippen LogP contribution in [-0.4, -0.2) is 13.4 Å². The molecule has 8 heteroatoms. The van der Waals surface area contributed by atoms with E-state index in [2.05, 4.69) is 25.6 Å². The Labute approximate surface area is 130 Å². The number of nitrogen functional groups attached to an aromatic ring is 1. The van der Waals surface area contributed by atoms with E-state index in [9.17, 15) is 8.42 Å². The molecular formula is C12H11BrClN3O2S. The lowest BCUT2D eigenvalue weighted by Crippen LogP contribution is -2.16. The topological polar surface area (TPSA) is 85.1 Å². The molecule has 2 aromatic rings. The minimum absolute atomic E-state index is 0.0788. The highest BCUT2D eigenvalue weighted by Crippen LogP contribution is 2.28. The van der Waals surface area contributed by atoms with Crippen LogP contribution in [-0.2, 0) is 10.0 Å². The van der Waals surface area contributed by atoms with Gasteiger partial charge < -0.3 is 5.73 Å². The van der Waals surface area contributed by atoms with Crippen LogP contribution in [0, 0.1) is 6.92 Å². The number of anilines is 2. The lowest BCUT2D eigenvalue weighted by molar-refractivity contribution is 0.600. The molecule has 0 saturated carbocycles. The van der Waals surface area contributed by atoms with E-state index in [1.54, 1.807) is 25.1 Å². The first-order valence-electron chi connectivity index (χ1n) is 5.50. The van der Waals surface area contributed by atoms with Crippen molar-refractivity contribution in [1.29, 1.82) is 0 Å². The first-order valence-corrected chi connectivity index (χ1v) is 8.15. The number of rotatable bonds is 3. The Kier molecular flexibility index (Phi) is 4.22. The van der Waals surface area contributed by atoms with Gasteiger partial charge in [-0.25, -0.2) is 13.4 Å². The molecule has 2 rings (SSSR count). The van der Waals surface area contributed by atoms with E-state index in [4.69, 9.17) is 17.3 Å². The summed E-state index contributed by atoms with van der Waals surface area (Å²) in [6, 6.07) is 6.20. The van der Waals surface area contributed by atoms with E-state index in [0.717, 1.165) is 0 Å². The number of benzene rings is 1. The molecular weight excluding hydrogens is 366 g/mol. The largest absolute Gasteiger partial charge is 0.398 e. The van der Waals surface area contributed by atoms with Crippen molar-refractivity contribution in [2.24, 2.45) is 0 Å². The van der Waals surface area contributed by atoms with Gasteiger partial charge in [0.15, 0.2) is 5.82 Å². The van der Waals surface area contributed by atoms with Gasteiger partial charge in [-0.3, -0.25) is 4.72 Å². The van der Waals surface area contributed by atoms with Crippen molar-refractivity contribution in [1.82, 2.24) is 4.98 Å². The molecule has 0 saturated heterocycles. The first kappa shape index (κ1) is 15.1. The summed E-state index contributed by atoms with van der Waals surface area (Å²) >= 11 is 9.14. The second kappa shape index (κ2) is 5.59. The van der Waals surface area contributed by atoms with E-state index in [-0.39, 0.29) is 15.7 Å². The first-order chi connectivity index (χ1) is 9.31. The van der Waals surface area contributed by atoms with E-state index < -0.39 is 10.0 Å². The maximum atomic E-state index is 12.4. The monoisotopic (exact) mass is 375 g/mol. The minimum Gasteiger partial charge on any atom is -0.398 e. The maximum Gasteiger partial charge on any atom is 0.263 e. The Morgan fingerprint density at radius 3 is 2.75 bits per heavy atom. The van der Waals surface area contributed by atoms with Gasteiger partial charge in [-0.05, 0) is 52.7 Å². The van der Waals surface area contributed by atoms with Gasteiger partial charge >= 0.3 is 0 Å². The highest BCUT2D eigenvalue weighted by Gasteiger charge is 2.20. The van der Waals surface area contributed by atoms with Crippen LogP contribution in [0.4, 0.5) is 11.5 Å². The molecule has 0 atom stereocenters. The van der Waals surface area contributed by atoms with Crippen molar-refractivity contribution in [2.75, 3.05) is 10.5 Å². The van der Waals surface area contributed by atoms with Crippen molar-refractivity contribution < 1.29 is 8.42 Å². The van der Waals surface area contributed by atoms with Crippen LogP contribution >= 0.6 is 27.5 Å². The Hall–Kier alpha value is -1.31. The maximum absolute atomic E-state index is 12.4. The Morgan fingerprint density at radius 1 is 1.40 bits per heavy atom. The number of sulfonamides is 1. The van der Waals surface area contributed by atoms with E-state index in [1.165, 1.54) is 12.3 Å². The summed E-state index contributed by atoms with van der Waals surface area (Å²) in [5, 5.41) is 0.221. The molecule has 0 amide bonds. The molecule has 0 aliphatic heterocycles. The van der Waals surface area contributed by atoms with Crippen LogP contribution in [0.1, 0.15) is 5.56 Å². The van der Waals surface area contributed by atoms with Gasteiger partial charge in [-0.1, -0.05) is 11.6 Å². The van der Waals surface area contributed by atoms with Gasteiger partial charge in [0, 0.05) is 16.4 Å². The molecule has 20 heavy (non-hydrogen) atoms. The second-order valence-electron chi connectivity index (χ2n) is 4.08. The van der Waals surface area contributed by atoms with Gasteiger partial charge in [-0.15, -0.1) is 0 Å². The number of pyridine rings is 1. The van der Waals surface area contributed by atoms with E-state index >= 15 is 0 Å². The fraction of sp³-hybridized carbons (Fsp3) is 0.0833. The quantitative estimate of drug-likeness (QED) is 0.806. The summed E-state index contributed by atoms with van der Waals surface area (Å²) in [4.78, 5) is 3.98. The van der Waals surface area contributed by atoms with E-state index in [1.807, 2.05) is 0 Å². The molecule has 0 aliphatic rings. The molecule has 0 aliphatic carbocycles. The highest BCUT2D eigenvalue weighted by atomic mass is 79.9. The number of nitrogens with two attached hydrogens (primary N) is 1. The normalized spacial score (nSPS) is 11.3. The fourth-order valence-electron chi connectivity index (χ4n) is 1.60. The van der Waals surface area contributed by atoms with Crippen LogP contribution in [0.25, 0.3) is 0 Å². The highest BCUT2D eigenvalue weighted by molar-refractivity contribution is 9.10. The van der Waals surface area contributed by atoms with Crippen molar-refractivity contribution in [2.45, 2.75) is 11.8 Å². The molecule has 1 aromatic heterocycles. The number of aromatic nitrogens is 1. The summed E-state index contributed by atoms with van der Waals surface area (Å²) in [5.41, 5.74) is 6.63. The fourth-order valence-corrected chi connectivity index (χ4v) is 3.58. The van der Waals surface area contributed by atoms with Gasteiger partial charge in [0.25, 0.3) is 10.0 Å². The summed E-state index contributed by atoms with van der Waals surface area (Å²) < 4.78 is 27.7. The van der Waals surface area contributed by atoms with Crippen LogP contribution in [0.2, 0.25) is 5.02 Å². The molecule has 0 unspecified atom stereocenters. The van der Waals surface area contributed by atoms with Gasteiger partial charge in [0.1, 0.15) is 0 Å². The van der Waals surface area contributed by atoms with E-state index in [0.29, 0.717) is 15.7 Å². The standard InChI is InChI=1S/C12H11BrClN3O2S/c1-7-5-8(13)10(15)6-11(7)20(18,19)17-12-9(14)3-2-4-16-12/h2-6H,15H2,1H3,(H,16,17). The number of aryl methyl sites for hydroxylation is 1. The molecule has 0 radical (unpaired) electrons. The molecule has 0 spiro atoms. The number of nitrogens with one attached hydrogen (secondary N) is 1. The number of nitrogens with zero attached hydrogens (tertiary/aromatic N) is 1. The van der Waals surface area contributed by atoms with Gasteiger partial charge in [-0.2, -0.15) is 0 Å². The van der Waals surface area contributed by atoms with Gasteiger partial charge in [0.2, 0.25) is 0 Å². The zero-order valence-corrected chi connectivity index (χ0v) is 13.6. The minimum atomic E-state index is -3.80. The van der Waals surface area contributed by atoms with Crippen molar-refractivity contribution in [3.63, 3.8) is 0 Å². The lowest BCUT2D eigenvalue weighted by Gasteiger charge is -2.12. The molecule has 5 nitrogen and oxygen atoms in total. The zero-order chi connectivity index (χ0) is 14.9. The molecule has 1 aromatic carbocycles. The lowest BCUT2D eigenvalue weighted by atomic mass is 10.2. The molecule has 1 heterocycles. The third-order valence-electron chi connectivity index (χ3n) is 2.57. The molecule has 106 valence electrons. The number of hydrogen-bond donors (Lipinski definition) is 2. The molecule has 3 N–H and O–H groups in total. The van der Waals surface area contributed by atoms with Crippen LogP contribution in [0.5, 0.6) is 0 Å². The predicted octanol–water partition coefficient (Wildman–Crippen LogP) is 3.19. The molecule has 0 bridgehead atoms. The third kappa shape index (κ3) is 3.05. The average molecular weight is 377 g/mol. The number of halogens is 2. The summed E-state index contributed by atoms with van der Waals surface area (Å²) in [5.74, 6) is 0.0788. The van der Waals surface area contributed by atoms with Crippen LogP contribution < -0.4 is 10.5 Å². The van der Waals surface area contributed by atoms with Gasteiger partial charge in [0.05, 0.1) is 9.92 Å². The number of hydrogen-bond acceptors (Lipinski definition) is 4. The summed E-state index contributed by atoms with van der Waals surface area (Å²) in [6.45, 7) is 1.68. The summed E-state index contributed by atoms with van der Waals surface area (Å²) in [7, 11) is -3.80.